The summed E-state index contributed by atoms with van der Waals surface area (Å²) < 4.78 is 73.4. The first kappa shape index (κ1) is 17.8. The number of alkyl halides is 3. The lowest BCUT2D eigenvalue weighted by molar-refractivity contribution is -0.146. The minimum atomic E-state index is -4.78. The number of rotatable bonds is 3. The summed E-state index contributed by atoms with van der Waals surface area (Å²) in [6.45, 7) is 0. The highest BCUT2D eigenvalue weighted by Crippen LogP contribution is 2.32. The smallest absolute Gasteiger partial charge is 0.451 e. The van der Waals surface area contributed by atoms with E-state index in [0.29, 0.717) is 4.52 Å². The maximum Gasteiger partial charge on any atom is 0.453 e. The van der Waals surface area contributed by atoms with Crippen molar-refractivity contribution in [3.63, 3.8) is 0 Å². The van der Waals surface area contributed by atoms with Crippen LogP contribution in [-0.2, 0) is 6.18 Å². The van der Waals surface area contributed by atoms with Crippen molar-refractivity contribution in [2.75, 3.05) is 0 Å². The molecule has 10 heteroatoms. The first-order valence-electron chi connectivity index (χ1n) is 7.85. The molecule has 2 aromatic heterocycles. The predicted molar refractivity (Wildman–Crippen MR) is 87.7 cm³/mol. The molecule has 0 atom stereocenters. The third-order valence-electron chi connectivity index (χ3n) is 3.77. The van der Waals surface area contributed by atoms with E-state index in [1.807, 2.05) is 0 Å². The molecule has 0 aliphatic carbocycles. The molecule has 4 aromatic rings. The van der Waals surface area contributed by atoms with Gasteiger partial charge in [-0.3, -0.25) is 0 Å². The van der Waals surface area contributed by atoms with E-state index in [4.69, 9.17) is 4.74 Å². The number of aromatic nitrogens is 4. The molecule has 2 heterocycles. The van der Waals surface area contributed by atoms with Crippen LogP contribution >= 0.6 is 0 Å². The fourth-order valence-electron chi connectivity index (χ4n) is 2.53. The van der Waals surface area contributed by atoms with Crippen molar-refractivity contribution in [3.8, 4) is 22.8 Å². The number of para-hydroxylation sites is 1. The lowest BCUT2D eigenvalue weighted by Gasteiger charge is -2.10. The largest absolute Gasteiger partial charge is 0.453 e. The maximum atomic E-state index is 14.4. The standard InChI is InChI=1S/C18H9F5N4O/c19-12-8-10(9-13(20)16(12)28-11-4-2-1-3-5-11)14-6-7-15-24-25-17(18(21,22)23)27(15)26-14/h1-9H. The highest BCUT2D eigenvalue weighted by Gasteiger charge is 2.37. The Morgan fingerprint density at radius 3 is 2.18 bits per heavy atom. The number of ether oxygens (including phenoxy) is 1. The number of fused-ring (bicyclic) bond motifs is 1. The first-order valence-corrected chi connectivity index (χ1v) is 7.85. The second-order valence-electron chi connectivity index (χ2n) is 5.69. The molecule has 0 radical (unpaired) electrons. The van der Waals surface area contributed by atoms with E-state index in [0.717, 1.165) is 12.1 Å². The monoisotopic (exact) mass is 392 g/mol. The van der Waals surface area contributed by atoms with Crippen molar-refractivity contribution >= 4 is 5.65 Å². The lowest BCUT2D eigenvalue weighted by atomic mass is 10.1. The zero-order chi connectivity index (χ0) is 19.9. The molecule has 28 heavy (non-hydrogen) atoms. The van der Waals surface area contributed by atoms with Gasteiger partial charge < -0.3 is 4.74 Å². The quantitative estimate of drug-likeness (QED) is 0.467. The van der Waals surface area contributed by atoms with Crippen LogP contribution in [0.2, 0.25) is 0 Å². The van der Waals surface area contributed by atoms with E-state index in [1.165, 1.54) is 24.3 Å². The average molecular weight is 392 g/mol. The molecule has 0 unspecified atom stereocenters. The van der Waals surface area contributed by atoms with Crippen LogP contribution < -0.4 is 4.74 Å². The Bertz CT molecular complexity index is 1130. The van der Waals surface area contributed by atoms with E-state index >= 15 is 0 Å². The minimum Gasteiger partial charge on any atom is -0.451 e. The van der Waals surface area contributed by atoms with Gasteiger partial charge in [0, 0.05) is 5.56 Å². The van der Waals surface area contributed by atoms with Gasteiger partial charge >= 0.3 is 6.18 Å². The summed E-state index contributed by atoms with van der Waals surface area (Å²) in [6, 6.07) is 12.4. The van der Waals surface area contributed by atoms with Crippen molar-refractivity contribution in [2.45, 2.75) is 6.18 Å². The molecule has 5 nitrogen and oxygen atoms in total. The summed E-state index contributed by atoms with van der Waals surface area (Å²) in [5.74, 6) is -3.79. The molecule has 0 saturated carbocycles. The van der Waals surface area contributed by atoms with Crippen LogP contribution in [0.3, 0.4) is 0 Å². The molecule has 0 aliphatic heterocycles. The van der Waals surface area contributed by atoms with Crippen molar-refractivity contribution in [1.82, 2.24) is 19.8 Å². The van der Waals surface area contributed by atoms with Crippen LogP contribution in [0.5, 0.6) is 11.5 Å². The predicted octanol–water partition coefficient (Wildman–Crippen LogP) is 4.88. The van der Waals surface area contributed by atoms with Gasteiger partial charge in [0.25, 0.3) is 5.82 Å². The van der Waals surface area contributed by atoms with Gasteiger partial charge in [0.1, 0.15) is 5.75 Å². The Kier molecular flexibility index (Phi) is 4.17. The van der Waals surface area contributed by atoms with Crippen LogP contribution in [-0.4, -0.2) is 19.8 Å². The summed E-state index contributed by atoms with van der Waals surface area (Å²) in [7, 11) is 0. The summed E-state index contributed by atoms with van der Waals surface area (Å²) in [5, 5.41) is 10.2. The molecule has 0 amide bonds. The average Bonchev–Trinajstić information content (AvgIpc) is 3.09. The SMILES string of the molecule is Fc1cc(-c2ccc3nnc(C(F)(F)F)n3n2)cc(F)c1Oc1ccccc1. The van der Waals surface area contributed by atoms with E-state index in [1.54, 1.807) is 18.2 Å². The zero-order valence-electron chi connectivity index (χ0n) is 13.8. The number of halogens is 5. The third kappa shape index (κ3) is 3.24. The van der Waals surface area contributed by atoms with Gasteiger partial charge in [-0.1, -0.05) is 18.2 Å². The second kappa shape index (κ2) is 6.55. The number of nitrogens with zero attached hydrogens (tertiary/aromatic N) is 4. The van der Waals surface area contributed by atoms with Gasteiger partial charge in [0.2, 0.25) is 0 Å². The molecule has 4 rings (SSSR count). The maximum absolute atomic E-state index is 14.4. The molecule has 2 aromatic carbocycles. The van der Waals surface area contributed by atoms with Crippen LogP contribution in [0.25, 0.3) is 16.9 Å². The Morgan fingerprint density at radius 1 is 0.857 bits per heavy atom. The minimum absolute atomic E-state index is 0.0702. The first-order chi connectivity index (χ1) is 13.3. The highest BCUT2D eigenvalue weighted by molar-refractivity contribution is 5.62. The molecule has 0 bridgehead atoms. The van der Waals surface area contributed by atoms with Gasteiger partial charge in [-0.25, -0.2) is 8.78 Å². The highest BCUT2D eigenvalue weighted by atomic mass is 19.4. The lowest BCUT2D eigenvalue weighted by Crippen LogP contribution is -2.12. The summed E-state index contributed by atoms with van der Waals surface area (Å²) in [4.78, 5) is 0. The fourth-order valence-corrected chi connectivity index (χ4v) is 2.53. The van der Waals surface area contributed by atoms with Gasteiger partial charge in [-0.15, -0.1) is 10.2 Å². The van der Waals surface area contributed by atoms with Gasteiger partial charge in [0.15, 0.2) is 23.0 Å². The van der Waals surface area contributed by atoms with Gasteiger partial charge in [0.05, 0.1) is 5.69 Å². The molecular weight excluding hydrogens is 383 g/mol. The summed E-state index contributed by atoms with van der Waals surface area (Å²) in [6.07, 6.45) is -4.78. The number of hydrogen-bond donors (Lipinski definition) is 0. The zero-order valence-corrected chi connectivity index (χ0v) is 13.8. The second-order valence-corrected chi connectivity index (χ2v) is 5.69. The van der Waals surface area contributed by atoms with Crippen molar-refractivity contribution in [2.24, 2.45) is 0 Å². The van der Waals surface area contributed by atoms with Crippen molar-refractivity contribution < 1.29 is 26.7 Å². The Hall–Kier alpha value is -3.56. The molecule has 0 N–H and O–H groups in total. The van der Waals surface area contributed by atoms with Crippen LogP contribution in [0, 0.1) is 11.6 Å². The normalized spacial score (nSPS) is 11.8. The Balaban J connectivity index is 1.75. The molecular formula is C18H9F5N4O. The summed E-state index contributed by atoms with van der Waals surface area (Å²) >= 11 is 0. The molecule has 0 spiro atoms. The molecule has 142 valence electrons. The van der Waals surface area contributed by atoms with Crippen LogP contribution in [0.4, 0.5) is 22.0 Å². The fraction of sp³-hybridized carbons (Fsp3) is 0.0556. The topological polar surface area (TPSA) is 52.3 Å². The van der Waals surface area contributed by atoms with E-state index < -0.39 is 29.4 Å². The third-order valence-corrected chi connectivity index (χ3v) is 3.77. The number of hydrogen-bond acceptors (Lipinski definition) is 4. The van der Waals surface area contributed by atoms with Gasteiger partial charge in [-0.2, -0.15) is 22.8 Å². The van der Waals surface area contributed by atoms with E-state index in [9.17, 15) is 22.0 Å². The molecule has 0 saturated heterocycles. The van der Waals surface area contributed by atoms with Crippen molar-refractivity contribution in [1.29, 1.82) is 0 Å². The Morgan fingerprint density at radius 2 is 1.54 bits per heavy atom. The summed E-state index contributed by atoms with van der Waals surface area (Å²) in [5.41, 5.74) is -0.318. The molecule has 0 fully saturated rings. The van der Waals surface area contributed by atoms with E-state index in [2.05, 4.69) is 15.3 Å². The number of benzene rings is 2. The molecule has 0 aliphatic rings. The van der Waals surface area contributed by atoms with E-state index in [-0.39, 0.29) is 22.7 Å². The Labute approximate surface area is 154 Å². The van der Waals surface area contributed by atoms with Crippen LogP contribution in [0.15, 0.2) is 54.6 Å². The van der Waals surface area contributed by atoms with Gasteiger partial charge in [-0.05, 0) is 36.4 Å². The van der Waals surface area contributed by atoms with Crippen LogP contribution in [0.1, 0.15) is 5.82 Å². The van der Waals surface area contributed by atoms with Crippen molar-refractivity contribution in [3.05, 3.63) is 72.1 Å².